The molecule has 0 aliphatic heterocycles. The van der Waals surface area contributed by atoms with Gasteiger partial charge in [-0.1, -0.05) is 46.3 Å². The Bertz CT molecular complexity index is 638. The summed E-state index contributed by atoms with van der Waals surface area (Å²) >= 11 is 3.47. The van der Waals surface area contributed by atoms with Crippen LogP contribution in [-0.4, -0.2) is 11.1 Å². The largest absolute Gasteiger partial charge is 0.481 e. The van der Waals surface area contributed by atoms with Crippen LogP contribution in [0.1, 0.15) is 29.5 Å². The molecule has 0 aliphatic rings. The molecule has 0 aliphatic carbocycles. The van der Waals surface area contributed by atoms with Crippen molar-refractivity contribution in [1.29, 1.82) is 0 Å². The number of carboxylic acid groups (broad SMARTS) is 1. The van der Waals surface area contributed by atoms with Crippen LogP contribution in [-0.2, 0) is 11.3 Å². The number of halogens is 1. The molecule has 3 nitrogen and oxygen atoms in total. The maximum atomic E-state index is 10.9. The van der Waals surface area contributed by atoms with Crippen molar-refractivity contribution in [1.82, 2.24) is 0 Å². The molecule has 0 saturated carbocycles. The molecule has 4 heteroatoms. The minimum atomic E-state index is -0.800. The molecule has 0 bridgehead atoms. The van der Waals surface area contributed by atoms with Gasteiger partial charge in [-0.15, -0.1) is 0 Å². The van der Waals surface area contributed by atoms with Crippen LogP contribution in [0.25, 0.3) is 0 Å². The normalized spacial score (nSPS) is 12.0. The van der Waals surface area contributed by atoms with E-state index >= 15 is 0 Å². The van der Waals surface area contributed by atoms with E-state index < -0.39 is 11.9 Å². The molecule has 0 saturated heterocycles. The number of hydrogen-bond acceptors (Lipinski definition) is 2. The van der Waals surface area contributed by atoms with Crippen LogP contribution in [0.4, 0.5) is 5.69 Å². The van der Waals surface area contributed by atoms with Gasteiger partial charge >= 0.3 is 5.97 Å². The van der Waals surface area contributed by atoms with E-state index in [9.17, 15) is 4.79 Å². The first-order valence-corrected chi connectivity index (χ1v) is 7.58. The fourth-order valence-corrected chi connectivity index (χ4v) is 2.41. The molecule has 0 fully saturated rings. The van der Waals surface area contributed by atoms with Gasteiger partial charge < -0.3 is 10.4 Å². The minimum Gasteiger partial charge on any atom is -0.481 e. The van der Waals surface area contributed by atoms with Gasteiger partial charge in [-0.05, 0) is 42.7 Å². The van der Waals surface area contributed by atoms with E-state index in [1.165, 1.54) is 5.56 Å². The van der Waals surface area contributed by atoms with E-state index in [1.54, 1.807) is 6.92 Å². The quantitative estimate of drug-likeness (QED) is 0.833. The first-order valence-electron chi connectivity index (χ1n) is 6.79. The van der Waals surface area contributed by atoms with E-state index in [2.05, 4.69) is 40.3 Å². The van der Waals surface area contributed by atoms with Gasteiger partial charge in [0.15, 0.2) is 0 Å². The van der Waals surface area contributed by atoms with Crippen molar-refractivity contribution in [2.45, 2.75) is 26.3 Å². The van der Waals surface area contributed by atoms with Gasteiger partial charge in [0.25, 0.3) is 0 Å². The smallest absolute Gasteiger partial charge is 0.310 e. The maximum Gasteiger partial charge on any atom is 0.310 e. The van der Waals surface area contributed by atoms with Crippen molar-refractivity contribution in [2.24, 2.45) is 0 Å². The Morgan fingerprint density at radius 3 is 2.52 bits per heavy atom. The molecule has 0 aromatic heterocycles. The molecule has 2 aromatic carbocycles. The molecule has 2 N–H and O–H groups in total. The highest BCUT2D eigenvalue weighted by atomic mass is 79.9. The number of anilines is 1. The average Bonchev–Trinajstić information content (AvgIpc) is 2.48. The fourth-order valence-electron chi connectivity index (χ4n) is 2.05. The number of carbonyl (C=O) groups is 1. The highest BCUT2D eigenvalue weighted by molar-refractivity contribution is 9.10. The summed E-state index contributed by atoms with van der Waals surface area (Å²) in [5.74, 6) is -1.27. The van der Waals surface area contributed by atoms with Crippen LogP contribution in [0.5, 0.6) is 0 Å². The Morgan fingerprint density at radius 1 is 1.24 bits per heavy atom. The third-order valence-electron chi connectivity index (χ3n) is 3.53. The van der Waals surface area contributed by atoms with Crippen LogP contribution in [0.3, 0.4) is 0 Å². The van der Waals surface area contributed by atoms with Crippen molar-refractivity contribution >= 4 is 27.6 Å². The van der Waals surface area contributed by atoms with Crippen molar-refractivity contribution in [3.05, 3.63) is 63.6 Å². The van der Waals surface area contributed by atoms with E-state index in [0.29, 0.717) is 6.54 Å². The van der Waals surface area contributed by atoms with Gasteiger partial charge in [0.2, 0.25) is 0 Å². The highest BCUT2D eigenvalue weighted by Gasteiger charge is 2.12. The predicted octanol–water partition coefficient (Wildman–Crippen LogP) is 4.56. The fraction of sp³-hybridized carbons (Fsp3) is 0.235. The van der Waals surface area contributed by atoms with Crippen LogP contribution >= 0.6 is 15.9 Å². The van der Waals surface area contributed by atoms with E-state index in [0.717, 1.165) is 21.3 Å². The first kappa shape index (κ1) is 15.6. The number of nitrogens with one attached hydrogen (secondary N) is 1. The summed E-state index contributed by atoms with van der Waals surface area (Å²) < 4.78 is 1.04. The molecule has 0 radical (unpaired) electrons. The zero-order chi connectivity index (χ0) is 15.4. The summed E-state index contributed by atoms with van der Waals surface area (Å²) in [5.41, 5.74) is 4.22. The molecule has 1 atom stereocenters. The van der Waals surface area contributed by atoms with E-state index in [1.807, 2.05) is 30.3 Å². The first-order chi connectivity index (χ1) is 9.97. The molecular formula is C17H18BrNO2. The zero-order valence-corrected chi connectivity index (χ0v) is 13.6. The summed E-state index contributed by atoms with van der Waals surface area (Å²) in [6.07, 6.45) is 0. The Hall–Kier alpha value is -1.81. The second-order valence-corrected chi connectivity index (χ2v) is 6.03. The van der Waals surface area contributed by atoms with Crippen molar-refractivity contribution in [3.63, 3.8) is 0 Å². The number of aryl methyl sites for hydroxylation is 1. The second-order valence-electron chi connectivity index (χ2n) is 5.11. The highest BCUT2D eigenvalue weighted by Crippen LogP contribution is 2.22. The average molecular weight is 348 g/mol. The molecule has 2 aromatic rings. The lowest BCUT2D eigenvalue weighted by Gasteiger charge is -2.11. The molecule has 110 valence electrons. The van der Waals surface area contributed by atoms with Crippen LogP contribution in [0.2, 0.25) is 0 Å². The van der Waals surface area contributed by atoms with E-state index in [-0.39, 0.29) is 0 Å². The molecule has 0 spiro atoms. The second kappa shape index (κ2) is 6.76. The van der Waals surface area contributed by atoms with Crippen LogP contribution < -0.4 is 5.32 Å². The van der Waals surface area contributed by atoms with E-state index in [4.69, 9.17) is 5.11 Å². The number of hydrogen-bond donors (Lipinski definition) is 2. The minimum absolute atomic E-state index is 0.473. The van der Waals surface area contributed by atoms with Gasteiger partial charge in [0.1, 0.15) is 0 Å². The zero-order valence-electron chi connectivity index (χ0n) is 12.1. The molecule has 21 heavy (non-hydrogen) atoms. The number of carboxylic acids is 1. The third-order valence-corrected chi connectivity index (χ3v) is 4.03. The molecule has 2 rings (SSSR count). The van der Waals surface area contributed by atoms with Crippen LogP contribution in [0.15, 0.2) is 46.9 Å². The van der Waals surface area contributed by atoms with Crippen molar-refractivity contribution < 1.29 is 9.90 Å². The van der Waals surface area contributed by atoms with Crippen LogP contribution in [0, 0.1) is 6.92 Å². The maximum absolute atomic E-state index is 10.9. The SMILES string of the molecule is Cc1ccc(Br)cc1NCc1ccc(C(C)C(=O)O)cc1. The number of rotatable bonds is 5. The molecule has 0 amide bonds. The van der Waals surface area contributed by atoms with Gasteiger partial charge in [-0.3, -0.25) is 4.79 Å². The molecule has 1 unspecified atom stereocenters. The summed E-state index contributed by atoms with van der Waals surface area (Å²) in [6, 6.07) is 13.8. The van der Waals surface area contributed by atoms with Gasteiger partial charge in [0, 0.05) is 16.7 Å². The summed E-state index contributed by atoms with van der Waals surface area (Å²) in [7, 11) is 0. The summed E-state index contributed by atoms with van der Waals surface area (Å²) in [6.45, 7) is 4.46. The van der Waals surface area contributed by atoms with Crippen molar-refractivity contribution in [2.75, 3.05) is 5.32 Å². The van der Waals surface area contributed by atoms with Crippen molar-refractivity contribution in [3.8, 4) is 0 Å². The molecule has 0 heterocycles. The standard InChI is InChI=1S/C17H18BrNO2/c1-11-3-8-15(18)9-16(11)19-10-13-4-6-14(7-5-13)12(2)17(20)21/h3-9,12,19H,10H2,1-2H3,(H,20,21). The topological polar surface area (TPSA) is 49.3 Å². The molecular weight excluding hydrogens is 330 g/mol. The Kier molecular flexibility index (Phi) is 5.02. The Balaban J connectivity index is 2.04. The third kappa shape index (κ3) is 4.08. The number of benzene rings is 2. The lowest BCUT2D eigenvalue weighted by Crippen LogP contribution is -2.07. The van der Waals surface area contributed by atoms with Gasteiger partial charge in [0.05, 0.1) is 5.92 Å². The summed E-state index contributed by atoms with van der Waals surface area (Å²) in [4.78, 5) is 10.9. The predicted molar refractivity (Wildman–Crippen MR) is 88.7 cm³/mol. The summed E-state index contributed by atoms with van der Waals surface area (Å²) in [5, 5.41) is 12.4. The number of aliphatic carboxylic acids is 1. The lowest BCUT2D eigenvalue weighted by molar-refractivity contribution is -0.138. The Morgan fingerprint density at radius 2 is 1.90 bits per heavy atom. The Labute approximate surface area is 133 Å². The monoisotopic (exact) mass is 347 g/mol. The van der Waals surface area contributed by atoms with Gasteiger partial charge in [-0.25, -0.2) is 0 Å². The van der Waals surface area contributed by atoms with Gasteiger partial charge in [-0.2, -0.15) is 0 Å². The lowest BCUT2D eigenvalue weighted by atomic mass is 10.00.